The molecule has 0 radical (unpaired) electrons. The number of fused-ring (bicyclic) bond motifs is 1. The van der Waals surface area contributed by atoms with Crippen LogP contribution in [0.25, 0.3) is 11.0 Å². The van der Waals surface area contributed by atoms with Crippen molar-refractivity contribution in [2.45, 2.75) is 6.54 Å². The number of anilines is 1. The van der Waals surface area contributed by atoms with E-state index in [9.17, 15) is 0 Å². The lowest BCUT2D eigenvalue weighted by Gasteiger charge is -2.25. The molecular formula is C15H15N7O. The number of nitrogens with zero attached hydrogens (tertiary/aromatic N) is 5. The summed E-state index contributed by atoms with van der Waals surface area (Å²) in [4.78, 5) is 10.1. The van der Waals surface area contributed by atoms with Gasteiger partial charge in [0.1, 0.15) is 18.0 Å². The molecule has 1 aromatic heterocycles. The molecule has 0 aliphatic carbocycles. The quantitative estimate of drug-likeness (QED) is 0.648. The van der Waals surface area contributed by atoms with Crippen LogP contribution < -0.4 is 5.43 Å². The summed E-state index contributed by atoms with van der Waals surface area (Å²) in [6.07, 6.45) is 0. The number of aromatic nitrogens is 2. The molecule has 1 aromatic carbocycles. The smallest absolute Gasteiger partial charge is 0.237 e. The first-order chi connectivity index (χ1) is 11.3. The summed E-state index contributed by atoms with van der Waals surface area (Å²) in [7, 11) is 0. The zero-order chi connectivity index (χ0) is 16.1. The monoisotopic (exact) mass is 309 g/mol. The number of H-pyrrole nitrogens is 1. The van der Waals surface area contributed by atoms with Crippen LogP contribution in [-0.4, -0.2) is 46.9 Å². The molecule has 116 valence electrons. The maximum atomic E-state index is 8.66. The van der Waals surface area contributed by atoms with E-state index in [1.54, 1.807) is 18.2 Å². The molecule has 8 nitrogen and oxygen atoms in total. The van der Waals surface area contributed by atoms with Gasteiger partial charge >= 0.3 is 0 Å². The van der Waals surface area contributed by atoms with E-state index in [0.29, 0.717) is 5.69 Å². The highest BCUT2D eigenvalue weighted by Gasteiger charge is 2.13. The van der Waals surface area contributed by atoms with Crippen LogP contribution in [-0.2, 0) is 11.3 Å². The SMILES string of the molecule is N#CC(C#N)=NNc1ccc2nc(CN3CCOCC3)[nH]c2c1. The number of nitrogens with one attached hydrogen (secondary N) is 2. The van der Waals surface area contributed by atoms with Crippen molar-refractivity contribution in [2.24, 2.45) is 5.10 Å². The number of aromatic amines is 1. The Morgan fingerprint density at radius 1 is 1.35 bits per heavy atom. The van der Waals surface area contributed by atoms with Crippen LogP contribution in [0.3, 0.4) is 0 Å². The zero-order valence-electron chi connectivity index (χ0n) is 12.4. The van der Waals surface area contributed by atoms with Gasteiger partial charge in [0.15, 0.2) is 0 Å². The molecule has 1 fully saturated rings. The van der Waals surface area contributed by atoms with E-state index >= 15 is 0 Å². The molecule has 0 amide bonds. The predicted octanol–water partition coefficient (Wildman–Crippen LogP) is 1.21. The van der Waals surface area contributed by atoms with Gasteiger partial charge in [0.2, 0.25) is 5.71 Å². The van der Waals surface area contributed by atoms with Crippen LogP contribution in [0, 0.1) is 22.7 Å². The highest BCUT2D eigenvalue weighted by molar-refractivity contribution is 6.10. The first-order valence-electron chi connectivity index (χ1n) is 7.21. The van der Waals surface area contributed by atoms with Gasteiger partial charge in [-0.15, -0.1) is 0 Å². The first-order valence-corrected chi connectivity index (χ1v) is 7.21. The van der Waals surface area contributed by atoms with E-state index in [1.807, 2.05) is 12.1 Å². The molecule has 2 heterocycles. The molecule has 1 aliphatic rings. The fourth-order valence-electron chi connectivity index (χ4n) is 2.37. The summed E-state index contributed by atoms with van der Waals surface area (Å²) < 4.78 is 5.34. The Labute approximate surface area is 133 Å². The molecule has 8 heteroatoms. The van der Waals surface area contributed by atoms with Crippen molar-refractivity contribution < 1.29 is 4.74 Å². The standard InChI is InChI=1S/C15H15N7O/c16-8-12(9-17)21-20-11-1-2-13-14(7-11)19-15(18-13)10-22-3-5-23-6-4-22/h1-2,7,20H,3-6,10H2,(H,18,19). The first kappa shape index (κ1) is 15.0. The number of hydrazone groups is 1. The van der Waals surface area contributed by atoms with E-state index in [2.05, 4.69) is 25.4 Å². The second-order valence-corrected chi connectivity index (χ2v) is 5.10. The Morgan fingerprint density at radius 2 is 2.13 bits per heavy atom. The van der Waals surface area contributed by atoms with E-state index in [4.69, 9.17) is 15.3 Å². The van der Waals surface area contributed by atoms with Crippen molar-refractivity contribution in [3.05, 3.63) is 24.0 Å². The molecule has 0 spiro atoms. The Kier molecular flexibility index (Phi) is 4.48. The largest absolute Gasteiger partial charge is 0.379 e. The van der Waals surface area contributed by atoms with Crippen LogP contribution in [0.4, 0.5) is 5.69 Å². The summed E-state index contributed by atoms with van der Waals surface area (Å²) >= 11 is 0. The number of hydrogen-bond donors (Lipinski definition) is 2. The van der Waals surface area contributed by atoms with E-state index in [0.717, 1.165) is 49.7 Å². The third-order valence-electron chi connectivity index (χ3n) is 3.52. The number of nitriles is 2. The highest BCUT2D eigenvalue weighted by Crippen LogP contribution is 2.18. The fourth-order valence-corrected chi connectivity index (χ4v) is 2.37. The van der Waals surface area contributed by atoms with Crippen molar-refractivity contribution in [3.63, 3.8) is 0 Å². The second kappa shape index (κ2) is 6.88. The molecule has 23 heavy (non-hydrogen) atoms. The van der Waals surface area contributed by atoms with Gasteiger partial charge in [0.25, 0.3) is 0 Å². The van der Waals surface area contributed by atoms with Gasteiger partial charge in [0, 0.05) is 13.1 Å². The molecule has 0 unspecified atom stereocenters. The fraction of sp³-hybridized carbons (Fsp3) is 0.333. The van der Waals surface area contributed by atoms with Gasteiger partial charge < -0.3 is 9.72 Å². The summed E-state index contributed by atoms with van der Waals surface area (Å²) in [6.45, 7) is 4.08. The van der Waals surface area contributed by atoms with Crippen LogP contribution in [0.15, 0.2) is 23.3 Å². The zero-order valence-corrected chi connectivity index (χ0v) is 12.4. The van der Waals surface area contributed by atoms with Crippen LogP contribution in [0.1, 0.15) is 5.82 Å². The maximum Gasteiger partial charge on any atom is 0.237 e. The number of rotatable bonds is 4. The Bertz CT molecular complexity index is 789. The van der Waals surface area contributed by atoms with Crippen molar-refractivity contribution in [2.75, 3.05) is 31.7 Å². The van der Waals surface area contributed by atoms with Crippen LogP contribution in [0.2, 0.25) is 0 Å². The normalized spacial score (nSPS) is 14.9. The third-order valence-corrected chi connectivity index (χ3v) is 3.52. The molecule has 1 saturated heterocycles. The van der Waals surface area contributed by atoms with Gasteiger partial charge in [-0.1, -0.05) is 0 Å². The van der Waals surface area contributed by atoms with Crippen molar-refractivity contribution in [1.29, 1.82) is 10.5 Å². The molecule has 0 saturated carbocycles. The maximum absolute atomic E-state index is 8.66. The minimum atomic E-state index is -0.220. The third kappa shape index (κ3) is 3.64. The van der Waals surface area contributed by atoms with Gasteiger partial charge in [-0.3, -0.25) is 10.3 Å². The topological polar surface area (TPSA) is 113 Å². The van der Waals surface area contributed by atoms with Gasteiger partial charge in [-0.25, -0.2) is 4.98 Å². The van der Waals surface area contributed by atoms with Gasteiger partial charge in [0.05, 0.1) is 36.5 Å². The van der Waals surface area contributed by atoms with Crippen molar-refractivity contribution in [3.8, 4) is 12.1 Å². The lowest BCUT2D eigenvalue weighted by Crippen LogP contribution is -2.35. The Hall–Kier alpha value is -2.94. The molecule has 0 atom stereocenters. The van der Waals surface area contributed by atoms with E-state index in [-0.39, 0.29) is 5.71 Å². The van der Waals surface area contributed by atoms with Crippen molar-refractivity contribution in [1.82, 2.24) is 14.9 Å². The molecular weight excluding hydrogens is 294 g/mol. The van der Waals surface area contributed by atoms with Crippen LogP contribution in [0.5, 0.6) is 0 Å². The number of benzene rings is 1. The number of imidazole rings is 1. The van der Waals surface area contributed by atoms with Gasteiger partial charge in [-0.05, 0) is 18.2 Å². The summed E-state index contributed by atoms with van der Waals surface area (Å²) in [5, 5.41) is 21.0. The van der Waals surface area contributed by atoms with Crippen LogP contribution >= 0.6 is 0 Å². The lowest BCUT2D eigenvalue weighted by molar-refractivity contribution is 0.0332. The minimum absolute atomic E-state index is 0.220. The summed E-state index contributed by atoms with van der Waals surface area (Å²) in [5.74, 6) is 0.900. The number of ether oxygens (including phenoxy) is 1. The number of hydrogen-bond acceptors (Lipinski definition) is 7. The van der Waals surface area contributed by atoms with E-state index in [1.165, 1.54) is 0 Å². The second-order valence-electron chi connectivity index (χ2n) is 5.10. The minimum Gasteiger partial charge on any atom is -0.379 e. The van der Waals surface area contributed by atoms with E-state index < -0.39 is 0 Å². The molecule has 0 bridgehead atoms. The predicted molar refractivity (Wildman–Crippen MR) is 84.5 cm³/mol. The molecule has 3 rings (SSSR count). The summed E-state index contributed by atoms with van der Waals surface area (Å²) in [5.41, 5.74) is 4.90. The average molecular weight is 309 g/mol. The molecule has 2 N–H and O–H groups in total. The van der Waals surface area contributed by atoms with Crippen molar-refractivity contribution >= 4 is 22.4 Å². The van der Waals surface area contributed by atoms with Gasteiger partial charge in [-0.2, -0.15) is 15.6 Å². The summed E-state index contributed by atoms with van der Waals surface area (Å²) in [6, 6.07) is 8.92. The Morgan fingerprint density at radius 3 is 2.87 bits per heavy atom. The highest BCUT2D eigenvalue weighted by atomic mass is 16.5. The Balaban J connectivity index is 1.74. The average Bonchev–Trinajstić information content (AvgIpc) is 2.98. The lowest BCUT2D eigenvalue weighted by atomic mass is 10.3. The molecule has 2 aromatic rings. The number of morpholine rings is 1. The molecule has 1 aliphatic heterocycles.